The first kappa shape index (κ1) is 15.7. The Morgan fingerprint density at radius 1 is 1.25 bits per heavy atom. The standard InChI is InChI=1S/C12H12Cl2N2O2S2/c13-8-20(17,18)15-6-5-11-7-19-12(16-11)9-1-3-10(14)4-2-9/h1-4,7,15H,5-6,8H2. The lowest BCUT2D eigenvalue weighted by atomic mass is 10.2. The largest absolute Gasteiger partial charge is 0.241 e. The van der Waals surface area contributed by atoms with Crippen molar-refractivity contribution in [1.29, 1.82) is 0 Å². The predicted molar refractivity (Wildman–Crippen MR) is 83.9 cm³/mol. The number of hydrogen-bond donors (Lipinski definition) is 1. The summed E-state index contributed by atoms with van der Waals surface area (Å²) in [5, 5.41) is 3.05. The van der Waals surface area contributed by atoms with Crippen LogP contribution in [0.3, 0.4) is 0 Å². The van der Waals surface area contributed by atoms with Gasteiger partial charge in [-0.15, -0.1) is 22.9 Å². The first-order chi connectivity index (χ1) is 9.50. The van der Waals surface area contributed by atoms with Gasteiger partial charge in [0.15, 0.2) is 0 Å². The van der Waals surface area contributed by atoms with E-state index in [2.05, 4.69) is 9.71 Å². The van der Waals surface area contributed by atoms with Gasteiger partial charge in [0, 0.05) is 28.9 Å². The molecule has 108 valence electrons. The molecule has 0 amide bonds. The molecule has 0 unspecified atom stereocenters. The van der Waals surface area contributed by atoms with Gasteiger partial charge in [0.2, 0.25) is 10.0 Å². The third kappa shape index (κ3) is 4.43. The normalized spacial score (nSPS) is 11.7. The van der Waals surface area contributed by atoms with Crippen LogP contribution < -0.4 is 4.72 Å². The van der Waals surface area contributed by atoms with E-state index in [1.54, 1.807) is 0 Å². The summed E-state index contributed by atoms with van der Waals surface area (Å²) in [4.78, 5) is 4.46. The molecule has 0 spiro atoms. The first-order valence-corrected chi connectivity index (χ1v) is 9.18. The molecule has 0 bridgehead atoms. The van der Waals surface area contributed by atoms with Crippen LogP contribution in [-0.2, 0) is 16.4 Å². The molecule has 20 heavy (non-hydrogen) atoms. The van der Waals surface area contributed by atoms with Crippen molar-refractivity contribution < 1.29 is 8.42 Å². The number of sulfonamides is 1. The van der Waals surface area contributed by atoms with Crippen LogP contribution in [0.15, 0.2) is 29.6 Å². The lowest BCUT2D eigenvalue weighted by molar-refractivity contribution is 0.586. The summed E-state index contributed by atoms with van der Waals surface area (Å²) in [6, 6.07) is 7.43. The van der Waals surface area contributed by atoms with Crippen LogP contribution in [0.1, 0.15) is 5.69 Å². The maximum absolute atomic E-state index is 11.2. The number of rotatable bonds is 6. The number of nitrogens with one attached hydrogen (secondary N) is 1. The van der Waals surface area contributed by atoms with E-state index in [9.17, 15) is 8.42 Å². The number of halogens is 2. The Kier molecular flexibility index (Phi) is 5.40. The average molecular weight is 351 g/mol. The number of aromatic nitrogens is 1. The van der Waals surface area contributed by atoms with Crippen molar-refractivity contribution in [1.82, 2.24) is 9.71 Å². The molecular formula is C12H12Cl2N2O2S2. The van der Waals surface area contributed by atoms with Crippen molar-refractivity contribution in [2.75, 3.05) is 11.8 Å². The summed E-state index contributed by atoms with van der Waals surface area (Å²) in [5.41, 5.74) is 1.84. The van der Waals surface area contributed by atoms with Crippen LogP contribution in [0.25, 0.3) is 10.6 Å². The summed E-state index contributed by atoms with van der Waals surface area (Å²) in [7, 11) is -3.36. The summed E-state index contributed by atoms with van der Waals surface area (Å²) < 4.78 is 24.8. The lowest BCUT2D eigenvalue weighted by Crippen LogP contribution is -2.26. The number of nitrogens with zero attached hydrogens (tertiary/aromatic N) is 1. The number of alkyl halides is 1. The second kappa shape index (κ2) is 6.87. The highest BCUT2D eigenvalue weighted by molar-refractivity contribution is 7.90. The monoisotopic (exact) mass is 350 g/mol. The zero-order chi connectivity index (χ0) is 14.6. The van der Waals surface area contributed by atoms with Gasteiger partial charge in [-0.2, -0.15) is 0 Å². The smallest absolute Gasteiger partial charge is 0.225 e. The average Bonchev–Trinajstić information content (AvgIpc) is 2.88. The van der Waals surface area contributed by atoms with Crippen LogP contribution in [0.4, 0.5) is 0 Å². The van der Waals surface area contributed by atoms with E-state index in [0.29, 0.717) is 18.0 Å². The van der Waals surface area contributed by atoms with Gasteiger partial charge in [-0.1, -0.05) is 23.7 Å². The molecule has 0 saturated heterocycles. The zero-order valence-corrected chi connectivity index (χ0v) is 13.5. The minimum absolute atomic E-state index is 0.291. The molecule has 0 aliphatic rings. The van der Waals surface area contributed by atoms with Crippen LogP contribution in [-0.4, -0.2) is 25.2 Å². The molecule has 0 aliphatic heterocycles. The van der Waals surface area contributed by atoms with Crippen LogP contribution in [0, 0.1) is 0 Å². The molecule has 0 radical (unpaired) electrons. The van der Waals surface area contributed by atoms with E-state index < -0.39 is 15.2 Å². The summed E-state index contributed by atoms with van der Waals surface area (Å²) in [5.74, 6) is 0. The van der Waals surface area contributed by atoms with Gasteiger partial charge < -0.3 is 0 Å². The molecule has 1 N–H and O–H groups in total. The van der Waals surface area contributed by atoms with Crippen LogP contribution in [0.5, 0.6) is 0 Å². The van der Waals surface area contributed by atoms with Crippen molar-refractivity contribution in [3.8, 4) is 10.6 Å². The molecule has 0 saturated carbocycles. The Hall–Kier alpha value is -0.660. The molecule has 8 heteroatoms. The van der Waals surface area contributed by atoms with Gasteiger partial charge in [0.25, 0.3) is 0 Å². The molecule has 1 aromatic heterocycles. The number of thiazole rings is 1. The molecule has 0 aliphatic carbocycles. The van der Waals surface area contributed by atoms with Gasteiger partial charge in [-0.25, -0.2) is 18.1 Å². The highest BCUT2D eigenvalue weighted by Crippen LogP contribution is 2.25. The fourth-order valence-electron chi connectivity index (χ4n) is 1.52. The Labute approximate surface area is 131 Å². The molecule has 1 heterocycles. The number of hydrogen-bond acceptors (Lipinski definition) is 4. The van der Waals surface area contributed by atoms with E-state index in [1.165, 1.54) is 11.3 Å². The van der Waals surface area contributed by atoms with Gasteiger partial charge >= 0.3 is 0 Å². The summed E-state index contributed by atoms with van der Waals surface area (Å²) in [6.45, 7) is 0.291. The van der Waals surface area contributed by atoms with Gasteiger partial charge in [0.1, 0.15) is 10.2 Å². The number of benzene rings is 1. The minimum atomic E-state index is -3.36. The maximum atomic E-state index is 11.2. The Morgan fingerprint density at radius 3 is 2.60 bits per heavy atom. The van der Waals surface area contributed by atoms with Gasteiger partial charge in [-0.05, 0) is 12.1 Å². The van der Waals surface area contributed by atoms with E-state index in [-0.39, 0.29) is 0 Å². The second-order valence-corrected chi connectivity index (χ2v) is 7.70. The molecule has 1 aromatic carbocycles. The van der Waals surface area contributed by atoms with Crippen LogP contribution in [0.2, 0.25) is 5.02 Å². The van der Waals surface area contributed by atoms with Crippen molar-refractivity contribution in [3.05, 3.63) is 40.4 Å². The molecular weight excluding hydrogens is 339 g/mol. The molecule has 2 aromatic rings. The fraction of sp³-hybridized carbons (Fsp3) is 0.250. The molecule has 0 atom stereocenters. The zero-order valence-electron chi connectivity index (χ0n) is 10.3. The lowest BCUT2D eigenvalue weighted by Gasteiger charge is -2.01. The van der Waals surface area contributed by atoms with E-state index in [4.69, 9.17) is 23.2 Å². The Balaban J connectivity index is 1.97. The minimum Gasteiger partial charge on any atom is -0.241 e. The maximum Gasteiger partial charge on any atom is 0.225 e. The molecule has 4 nitrogen and oxygen atoms in total. The second-order valence-electron chi connectivity index (χ2n) is 4.02. The molecule has 0 fully saturated rings. The van der Waals surface area contributed by atoms with Gasteiger partial charge in [-0.3, -0.25) is 0 Å². The highest BCUT2D eigenvalue weighted by Gasteiger charge is 2.08. The van der Waals surface area contributed by atoms with E-state index in [0.717, 1.165) is 16.3 Å². The summed E-state index contributed by atoms with van der Waals surface area (Å²) >= 11 is 12.6. The summed E-state index contributed by atoms with van der Waals surface area (Å²) in [6.07, 6.45) is 0.528. The van der Waals surface area contributed by atoms with Crippen molar-refractivity contribution >= 4 is 44.6 Å². The third-order valence-electron chi connectivity index (χ3n) is 2.49. The first-order valence-electron chi connectivity index (χ1n) is 5.74. The van der Waals surface area contributed by atoms with Crippen LogP contribution >= 0.6 is 34.5 Å². The Morgan fingerprint density at radius 2 is 1.95 bits per heavy atom. The SMILES string of the molecule is O=S(=O)(CCl)NCCc1csc(-c2ccc(Cl)cc2)n1. The highest BCUT2D eigenvalue weighted by atomic mass is 35.5. The van der Waals surface area contributed by atoms with Crippen molar-refractivity contribution in [2.24, 2.45) is 0 Å². The van der Waals surface area contributed by atoms with Crippen molar-refractivity contribution in [3.63, 3.8) is 0 Å². The third-order valence-corrected chi connectivity index (χ3v) is 5.47. The topological polar surface area (TPSA) is 59.1 Å². The quantitative estimate of drug-likeness (QED) is 0.814. The van der Waals surface area contributed by atoms with E-state index >= 15 is 0 Å². The van der Waals surface area contributed by atoms with Crippen molar-refractivity contribution in [2.45, 2.75) is 6.42 Å². The fourth-order valence-corrected chi connectivity index (χ4v) is 3.23. The predicted octanol–water partition coefficient (Wildman–Crippen LogP) is 3.12. The Bertz CT molecular complexity index is 669. The van der Waals surface area contributed by atoms with Gasteiger partial charge in [0.05, 0.1) is 5.69 Å². The molecule has 2 rings (SSSR count). The van der Waals surface area contributed by atoms with E-state index in [1.807, 2.05) is 29.6 Å².